The summed E-state index contributed by atoms with van der Waals surface area (Å²) in [5, 5.41) is 0.959. The molecule has 0 amide bonds. The summed E-state index contributed by atoms with van der Waals surface area (Å²) in [7, 11) is 0. The van der Waals surface area contributed by atoms with Crippen LogP contribution in [0.25, 0.3) is 16.7 Å². The minimum atomic E-state index is -0.260. The van der Waals surface area contributed by atoms with Crippen molar-refractivity contribution >= 4 is 40.8 Å². The minimum absolute atomic E-state index is 0.260. The molecule has 1 fully saturated rings. The SMILES string of the molecule is CC1CCN(c2nc3ncn(-c4ccc(Cl)cc4)c(=S)c3c(=O)[nH]2)CC1. The summed E-state index contributed by atoms with van der Waals surface area (Å²) in [5.41, 5.74) is 0.907. The molecular weight excluding hydrogens is 370 g/mol. The van der Waals surface area contributed by atoms with Crippen molar-refractivity contribution in [2.75, 3.05) is 18.0 Å². The number of hydrogen-bond acceptors (Lipinski definition) is 5. The first-order valence-electron chi connectivity index (χ1n) is 8.55. The average Bonchev–Trinajstić information content (AvgIpc) is 2.63. The van der Waals surface area contributed by atoms with Crippen molar-refractivity contribution in [1.29, 1.82) is 0 Å². The molecule has 1 saturated heterocycles. The van der Waals surface area contributed by atoms with Gasteiger partial charge in [0.1, 0.15) is 16.4 Å². The maximum atomic E-state index is 12.7. The number of benzene rings is 1. The molecule has 0 saturated carbocycles. The number of halogens is 1. The zero-order valence-corrected chi connectivity index (χ0v) is 15.8. The smallest absolute Gasteiger partial charge is 0.264 e. The summed E-state index contributed by atoms with van der Waals surface area (Å²) in [6.07, 6.45) is 3.78. The van der Waals surface area contributed by atoms with Gasteiger partial charge in [-0.1, -0.05) is 30.7 Å². The lowest BCUT2D eigenvalue weighted by atomic mass is 10.00. The zero-order valence-electron chi connectivity index (χ0n) is 14.3. The Kier molecular flexibility index (Phi) is 4.50. The normalized spacial score (nSPS) is 15.5. The third kappa shape index (κ3) is 3.12. The Balaban J connectivity index is 1.80. The second-order valence-corrected chi connectivity index (χ2v) is 7.48. The zero-order chi connectivity index (χ0) is 18.3. The molecule has 1 aliphatic heterocycles. The minimum Gasteiger partial charge on any atom is -0.342 e. The van der Waals surface area contributed by atoms with Gasteiger partial charge < -0.3 is 4.90 Å². The predicted octanol–water partition coefficient (Wildman–Crippen LogP) is 3.73. The van der Waals surface area contributed by atoms with Gasteiger partial charge in [-0.2, -0.15) is 4.98 Å². The third-order valence-corrected chi connectivity index (χ3v) is 5.46. The van der Waals surface area contributed by atoms with Gasteiger partial charge in [0, 0.05) is 23.8 Å². The fourth-order valence-corrected chi connectivity index (χ4v) is 3.64. The molecular formula is C18H18ClN5OS. The molecule has 6 nitrogen and oxygen atoms in total. The van der Waals surface area contributed by atoms with E-state index in [9.17, 15) is 4.79 Å². The Hall–Kier alpha value is -2.25. The monoisotopic (exact) mass is 387 g/mol. The van der Waals surface area contributed by atoms with Crippen molar-refractivity contribution in [3.63, 3.8) is 0 Å². The van der Waals surface area contributed by atoms with E-state index in [-0.39, 0.29) is 5.56 Å². The van der Waals surface area contributed by atoms with Crippen LogP contribution in [0.3, 0.4) is 0 Å². The molecule has 2 aromatic heterocycles. The standard InChI is InChI=1S/C18H18ClN5OS/c1-11-6-8-23(9-7-11)18-21-15-14(16(25)22-18)17(26)24(10-20-15)13-4-2-12(19)3-5-13/h2-5,10-11H,6-9H2,1H3,(H,21,22,25). The first-order chi connectivity index (χ1) is 12.5. The third-order valence-electron chi connectivity index (χ3n) is 4.80. The molecule has 0 unspecified atom stereocenters. The van der Waals surface area contributed by atoms with Crippen LogP contribution in [-0.2, 0) is 0 Å². The highest BCUT2D eigenvalue weighted by molar-refractivity contribution is 7.71. The van der Waals surface area contributed by atoms with Crippen molar-refractivity contribution < 1.29 is 0 Å². The van der Waals surface area contributed by atoms with Crippen LogP contribution in [0.2, 0.25) is 5.02 Å². The van der Waals surface area contributed by atoms with Gasteiger partial charge in [-0.15, -0.1) is 0 Å². The number of fused-ring (bicyclic) bond motifs is 1. The van der Waals surface area contributed by atoms with E-state index < -0.39 is 0 Å². The van der Waals surface area contributed by atoms with Gasteiger partial charge in [-0.3, -0.25) is 14.3 Å². The van der Waals surface area contributed by atoms with E-state index in [1.165, 1.54) is 0 Å². The van der Waals surface area contributed by atoms with Crippen LogP contribution in [-0.4, -0.2) is 32.6 Å². The molecule has 0 radical (unpaired) electrons. The Morgan fingerprint density at radius 3 is 2.62 bits per heavy atom. The Morgan fingerprint density at radius 1 is 1.23 bits per heavy atom. The second kappa shape index (κ2) is 6.81. The molecule has 0 atom stereocenters. The molecule has 3 aromatic rings. The van der Waals surface area contributed by atoms with Gasteiger partial charge in [0.2, 0.25) is 5.95 Å². The van der Waals surface area contributed by atoms with E-state index in [2.05, 4.69) is 26.8 Å². The average molecular weight is 388 g/mol. The molecule has 0 aliphatic carbocycles. The number of aromatic amines is 1. The molecule has 0 bridgehead atoms. The Morgan fingerprint density at radius 2 is 1.92 bits per heavy atom. The van der Waals surface area contributed by atoms with Gasteiger partial charge in [0.05, 0.1) is 0 Å². The van der Waals surface area contributed by atoms with E-state index in [0.29, 0.717) is 32.6 Å². The predicted molar refractivity (Wildman–Crippen MR) is 106 cm³/mol. The van der Waals surface area contributed by atoms with Crippen LogP contribution in [0.15, 0.2) is 35.4 Å². The molecule has 3 heterocycles. The topological polar surface area (TPSA) is 66.8 Å². The van der Waals surface area contributed by atoms with Crippen LogP contribution in [0, 0.1) is 10.6 Å². The molecule has 0 spiro atoms. The lowest BCUT2D eigenvalue weighted by molar-refractivity contribution is 0.434. The summed E-state index contributed by atoms with van der Waals surface area (Å²) in [4.78, 5) is 26.6. The number of nitrogens with zero attached hydrogens (tertiary/aromatic N) is 4. The first kappa shape index (κ1) is 17.2. The largest absolute Gasteiger partial charge is 0.342 e. The molecule has 4 rings (SSSR count). The number of hydrogen-bond donors (Lipinski definition) is 1. The highest BCUT2D eigenvalue weighted by atomic mass is 35.5. The number of piperidine rings is 1. The summed E-state index contributed by atoms with van der Waals surface area (Å²) in [5.74, 6) is 1.27. The van der Waals surface area contributed by atoms with Crippen molar-refractivity contribution in [2.24, 2.45) is 5.92 Å². The lowest BCUT2D eigenvalue weighted by Gasteiger charge is -2.30. The van der Waals surface area contributed by atoms with Crippen molar-refractivity contribution in [1.82, 2.24) is 19.5 Å². The van der Waals surface area contributed by atoms with Gasteiger partial charge in [-0.25, -0.2) is 4.98 Å². The number of nitrogens with one attached hydrogen (secondary N) is 1. The first-order valence-corrected chi connectivity index (χ1v) is 9.34. The van der Waals surface area contributed by atoms with Gasteiger partial charge in [-0.05, 0) is 43.0 Å². The maximum absolute atomic E-state index is 12.7. The highest BCUT2D eigenvalue weighted by Gasteiger charge is 2.19. The van der Waals surface area contributed by atoms with Gasteiger partial charge in [0.25, 0.3) is 5.56 Å². The van der Waals surface area contributed by atoms with E-state index in [1.54, 1.807) is 23.0 Å². The van der Waals surface area contributed by atoms with Gasteiger partial charge in [0.15, 0.2) is 5.65 Å². The van der Waals surface area contributed by atoms with E-state index in [0.717, 1.165) is 31.6 Å². The maximum Gasteiger partial charge on any atom is 0.264 e. The van der Waals surface area contributed by atoms with Gasteiger partial charge >= 0.3 is 0 Å². The molecule has 8 heteroatoms. The lowest BCUT2D eigenvalue weighted by Crippen LogP contribution is -2.35. The molecule has 1 aromatic carbocycles. The Bertz CT molecular complexity index is 1070. The van der Waals surface area contributed by atoms with Crippen molar-refractivity contribution in [3.05, 3.63) is 50.6 Å². The van der Waals surface area contributed by atoms with Crippen LogP contribution in [0.5, 0.6) is 0 Å². The molecule has 134 valence electrons. The second-order valence-electron chi connectivity index (χ2n) is 6.65. The van der Waals surface area contributed by atoms with Crippen LogP contribution in [0.4, 0.5) is 5.95 Å². The Labute approximate surface area is 160 Å². The molecule has 1 N–H and O–H groups in total. The van der Waals surface area contributed by atoms with Crippen molar-refractivity contribution in [2.45, 2.75) is 19.8 Å². The number of anilines is 1. The van der Waals surface area contributed by atoms with Crippen LogP contribution >= 0.6 is 23.8 Å². The summed E-state index contributed by atoms with van der Waals surface area (Å²) in [6.45, 7) is 4.01. The van der Waals surface area contributed by atoms with E-state index in [4.69, 9.17) is 23.8 Å². The van der Waals surface area contributed by atoms with E-state index >= 15 is 0 Å². The summed E-state index contributed by atoms with van der Waals surface area (Å²) >= 11 is 11.5. The fraction of sp³-hybridized carbons (Fsp3) is 0.333. The fourth-order valence-electron chi connectivity index (χ4n) is 3.18. The highest BCUT2D eigenvalue weighted by Crippen LogP contribution is 2.21. The van der Waals surface area contributed by atoms with Crippen molar-refractivity contribution in [3.8, 4) is 5.69 Å². The van der Waals surface area contributed by atoms with Crippen LogP contribution in [0.1, 0.15) is 19.8 Å². The quantitative estimate of drug-likeness (QED) is 0.678. The number of rotatable bonds is 2. The van der Waals surface area contributed by atoms with E-state index in [1.807, 2.05) is 12.1 Å². The number of aromatic nitrogens is 4. The summed E-state index contributed by atoms with van der Waals surface area (Å²) in [6, 6.07) is 7.20. The molecule has 1 aliphatic rings. The van der Waals surface area contributed by atoms with Crippen LogP contribution < -0.4 is 10.5 Å². The number of H-pyrrole nitrogens is 1. The summed E-state index contributed by atoms with van der Waals surface area (Å²) < 4.78 is 2.07. The molecule has 26 heavy (non-hydrogen) atoms.